The van der Waals surface area contributed by atoms with Gasteiger partial charge in [-0.05, 0) is 44.9 Å². The molecule has 0 fully saturated rings. The fourth-order valence-corrected chi connectivity index (χ4v) is 3.05. The van der Waals surface area contributed by atoms with Crippen molar-refractivity contribution in [3.8, 4) is 28.5 Å². The monoisotopic (exact) mass is 319 g/mol. The van der Waals surface area contributed by atoms with Crippen molar-refractivity contribution in [2.45, 2.75) is 39.3 Å². The van der Waals surface area contributed by atoms with Gasteiger partial charge in [-0.2, -0.15) is 5.10 Å². The van der Waals surface area contributed by atoms with Gasteiger partial charge in [0.05, 0.1) is 0 Å². The maximum atomic E-state index is 5.96. The van der Waals surface area contributed by atoms with Crippen LogP contribution in [-0.4, -0.2) is 20.4 Å². The molecule has 0 saturated heterocycles. The molecule has 4 heteroatoms. The average Bonchev–Trinajstić information content (AvgIpc) is 2.98. The van der Waals surface area contributed by atoms with E-state index in [1.807, 2.05) is 49.7 Å². The molecular formula is C20H21N3O. The summed E-state index contributed by atoms with van der Waals surface area (Å²) in [6.45, 7) is 7.01. The van der Waals surface area contributed by atoms with Crippen molar-refractivity contribution in [1.82, 2.24) is 14.8 Å². The molecule has 1 aliphatic heterocycles. The highest BCUT2D eigenvalue weighted by Crippen LogP contribution is 2.30. The van der Waals surface area contributed by atoms with Gasteiger partial charge in [-0.1, -0.05) is 36.4 Å². The second-order valence-corrected chi connectivity index (χ2v) is 7.13. The summed E-state index contributed by atoms with van der Waals surface area (Å²) in [6.07, 6.45) is 0.999. The van der Waals surface area contributed by atoms with Gasteiger partial charge in [0.25, 0.3) is 0 Å². The van der Waals surface area contributed by atoms with Gasteiger partial charge in [-0.3, -0.25) is 0 Å². The number of aryl methyl sites for hydroxylation is 2. The smallest absolute Gasteiger partial charge is 0.181 e. The summed E-state index contributed by atoms with van der Waals surface area (Å²) < 4.78 is 7.97. The number of rotatable bonds is 2. The van der Waals surface area contributed by atoms with Crippen LogP contribution in [0, 0.1) is 0 Å². The summed E-state index contributed by atoms with van der Waals surface area (Å²) in [5, 5.41) is 4.71. The Labute approximate surface area is 142 Å². The van der Waals surface area contributed by atoms with Gasteiger partial charge in [0.15, 0.2) is 11.6 Å². The summed E-state index contributed by atoms with van der Waals surface area (Å²) in [6, 6.07) is 16.4. The zero-order valence-corrected chi connectivity index (χ0v) is 14.3. The Hall–Kier alpha value is -2.62. The molecule has 3 aromatic rings. The van der Waals surface area contributed by atoms with Crippen LogP contribution >= 0.6 is 0 Å². The highest BCUT2D eigenvalue weighted by molar-refractivity contribution is 5.66. The summed E-state index contributed by atoms with van der Waals surface area (Å²) in [5.41, 5.74) is 3.29. The third-order valence-electron chi connectivity index (χ3n) is 4.04. The number of fused-ring (bicyclic) bond motifs is 3. The maximum Gasteiger partial charge on any atom is 0.181 e. The molecule has 2 aromatic carbocycles. The van der Waals surface area contributed by atoms with Crippen LogP contribution in [0.2, 0.25) is 0 Å². The number of hydrogen-bond acceptors (Lipinski definition) is 3. The molecule has 0 unspecified atom stereocenters. The van der Waals surface area contributed by atoms with Gasteiger partial charge < -0.3 is 4.74 Å². The Morgan fingerprint density at radius 1 is 1.04 bits per heavy atom. The molecule has 1 aromatic heterocycles. The fraction of sp³-hybridized carbons (Fsp3) is 0.300. The van der Waals surface area contributed by atoms with Crippen molar-refractivity contribution in [3.05, 3.63) is 54.1 Å². The molecule has 0 N–H and O–H groups in total. The van der Waals surface area contributed by atoms with Crippen LogP contribution in [0.1, 0.15) is 26.3 Å². The van der Waals surface area contributed by atoms with Crippen LogP contribution < -0.4 is 4.74 Å². The molecule has 2 heterocycles. The van der Waals surface area contributed by atoms with E-state index in [1.54, 1.807) is 0 Å². The van der Waals surface area contributed by atoms with Gasteiger partial charge in [-0.25, -0.2) is 9.67 Å². The lowest BCUT2D eigenvalue weighted by Crippen LogP contribution is -2.22. The maximum absolute atomic E-state index is 5.96. The highest BCUT2D eigenvalue weighted by atomic mass is 16.5. The van der Waals surface area contributed by atoms with E-state index in [4.69, 9.17) is 14.8 Å². The summed E-state index contributed by atoms with van der Waals surface area (Å²) in [4.78, 5) is 4.80. The Kier molecular flexibility index (Phi) is 3.41. The van der Waals surface area contributed by atoms with E-state index in [-0.39, 0.29) is 5.60 Å². The SMILES string of the molecule is CC(C)(C)Oc1cccc(-c2nc3n(n2)CCc2ccccc2-3)c1. The molecule has 24 heavy (non-hydrogen) atoms. The van der Waals surface area contributed by atoms with Gasteiger partial charge >= 0.3 is 0 Å². The first-order valence-electron chi connectivity index (χ1n) is 8.32. The molecule has 122 valence electrons. The molecule has 4 rings (SSSR count). The molecule has 0 aliphatic carbocycles. The summed E-state index contributed by atoms with van der Waals surface area (Å²) >= 11 is 0. The second-order valence-electron chi connectivity index (χ2n) is 7.13. The summed E-state index contributed by atoms with van der Waals surface area (Å²) in [5.74, 6) is 2.54. The summed E-state index contributed by atoms with van der Waals surface area (Å²) in [7, 11) is 0. The zero-order chi connectivity index (χ0) is 16.7. The predicted molar refractivity (Wildman–Crippen MR) is 95.0 cm³/mol. The van der Waals surface area contributed by atoms with Crippen LogP contribution in [0.3, 0.4) is 0 Å². The lowest BCUT2D eigenvalue weighted by molar-refractivity contribution is 0.131. The van der Waals surface area contributed by atoms with Crippen LogP contribution in [0.5, 0.6) is 5.75 Å². The Bertz CT molecular complexity index is 890. The lowest BCUT2D eigenvalue weighted by Gasteiger charge is -2.21. The first-order valence-corrected chi connectivity index (χ1v) is 8.32. The minimum atomic E-state index is -0.224. The normalized spacial score (nSPS) is 13.3. The van der Waals surface area contributed by atoms with Crippen LogP contribution in [0.4, 0.5) is 0 Å². The fourth-order valence-electron chi connectivity index (χ4n) is 3.05. The van der Waals surface area contributed by atoms with Crippen LogP contribution in [0.25, 0.3) is 22.8 Å². The van der Waals surface area contributed by atoms with Crippen molar-refractivity contribution in [2.75, 3.05) is 0 Å². The first kappa shape index (κ1) is 14.9. The van der Waals surface area contributed by atoms with Crippen molar-refractivity contribution >= 4 is 0 Å². The number of aromatic nitrogens is 3. The van der Waals surface area contributed by atoms with E-state index in [1.165, 1.54) is 11.1 Å². The van der Waals surface area contributed by atoms with E-state index < -0.39 is 0 Å². The van der Waals surface area contributed by atoms with Crippen molar-refractivity contribution in [1.29, 1.82) is 0 Å². The topological polar surface area (TPSA) is 39.9 Å². The average molecular weight is 319 g/mol. The Balaban J connectivity index is 1.73. The molecular weight excluding hydrogens is 298 g/mol. The Morgan fingerprint density at radius 3 is 2.71 bits per heavy atom. The third kappa shape index (κ3) is 2.80. The molecule has 4 nitrogen and oxygen atoms in total. The quantitative estimate of drug-likeness (QED) is 0.705. The molecule has 0 radical (unpaired) electrons. The van der Waals surface area contributed by atoms with Gasteiger partial charge in [-0.15, -0.1) is 0 Å². The predicted octanol–water partition coefficient (Wildman–Crippen LogP) is 4.35. The molecule has 1 aliphatic rings. The number of benzene rings is 2. The van der Waals surface area contributed by atoms with E-state index in [2.05, 4.69) is 24.3 Å². The largest absolute Gasteiger partial charge is 0.488 e. The van der Waals surface area contributed by atoms with E-state index in [0.29, 0.717) is 0 Å². The Morgan fingerprint density at radius 2 is 1.88 bits per heavy atom. The molecule has 0 bridgehead atoms. The van der Waals surface area contributed by atoms with Crippen LogP contribution in [0.15, 0.2) is 48.5 Å². The van der Waals surface area contributed by atoms with Crippen molar-refractivity contribution in [3.63, 3.8) is 0 Å². The molecule has 0 amide bonds. The molecule has 0 saturated carbocycles. The molecule has 0 spiro atoms. The highest BCUT2D eigenvalue weighted by Gasteiger charge is 2.20. The molecule has 0 atom stereocenters. The standard InChI is InChI=1S/C20H21N3O/c1-20(2,3)24-16-9-6-8-15(13-16)18-21-19-17-10-5-4-7-14(17)11-12-23(19)22-18/h4-10,13H,11-12H2,1-3H3. The second kappa shape index (κ2) is 5.48. The van der Waals surface area contributed by atoms with E-state index >= 15 is 0 Å². The third-order valence-corrected chi connectivity index (χ3v) is 4.04. The number of nitrogens with zero attached hydrogens (tertiary/aromatic N) is 3. The van der Waals surface area contributed by atoms with Crippen LogP contribution in [-0.2, 0) is 13.0 Å². The van der Waals surface area contributed by atoms with E-state index in [0.717, 1.165) is 35.9 Å². The minimum Gasteiger partial charge on any atom is -0.488 e. The number of hydrogen-bond donors (Lipinski definition) is 0. The lowest BCUT2D eigenvalue weighted by atomic mass is 10.0. The minimum absolute atomic E-state index is 0.224. The van der Waals surface area contributed by atoms with Gasteiger partial charge in [0.2, 0.25) is 0 Å². The van der Waals surface area contributed by atoms with Crippen molar-refractivity contribution in [2.24, 2.45) is 0 Å². The van der Waals surface area contributed by atoms with Gasteiger partial charge in [0, 0.05) is 17.7 Å². The van der Waals surface area contributed by atoms with Crippen molar-refractivity contribution < 1.29 is 4.74 Å². The van der Waals surface area contributed by atoms with Gasteiger partial charge in [0.1, 0.15) is 11.4 Å². The number of ether oxygens (including phenoxy) is 1. The van der Waals surface area contributed by atoms with E-state index in [9.17, 15) is 0 Å². The first-order chi connectivity index (χ1) is 11.5. The zero-order valence-electron chi connectivity index (χ0n) is 14.3.